The molecule has 0 bridgehead atoms. The van der Waals surface area contributed by atoms with Gasteiger partial charge < -0.3 is 4.90 Å². The molecule has 0 spiro atoms. The van der Waals surface area contributed by atoms with E-state index in [0.717, 1.165) is 41.0 Å². The number of fused-ring (bicyclic) bond motifs is 1. The summed E-state index contributed by atoms with van der Waals surface area (Å²) in [7, 11) is 0. The second-order valence-electron chi connectivity index (χ2n) is 6.11. The second-order valence-corrected chi connectivity index (χ2v) is 7.98. The Morgan fingerprint density at radius 3 is 2.83 bits per heavy atom. The Morgan fingerprint density at radius 1 is 1.29 bits per heavy atom. The molecular weight excluding hydrogens is 390 g/mol. The van der Waals surface area contributed by atoms with Crippen LogP contribution < -0.4 is 0 Å². The van der Waals surface area contributed by atoms with Gasteiger partial charge in [-0.3, -0.25) is 4.79 Å². The van der Waals surface area contributed by atoms with Gasteiger partial charge in [0, 0.05) is 23.1 Å². The van der Waals surface area contributed by atoms with Crippen molar-refractivity contribution in [2.75, 3.05) is 13.1 Å². The highest BCUT2D eigenvalue weighted by Crippen LogP contribution is 2.28. The average molecular weight is 406 g/mol. The first-order valence-corrected chi connectivity index (χ1v) is 9.50. The fourth-order valence-corrected chi connectivity index (χ4v) is 4.08. The van der Waals surface area contributed by atoms with Gasteiger partial charge in [0.25, 0.3) is 5.91 Å². The van der Waals surface area contributed by atoms with Gasteiger partial charge in [-0.1, -0.05) is 46.3 Å². The smallest absolute Gasteiger partial charge is 0.293 e. The van der Waals surface area contributed by atoms with Crippen LogP contribution in [0.1, 0.15) is 30.4 Å². The minimum absolute atomic E-state index is 0.0829. The molecule has 3 heterocycles. The van der Waals surface area contributed by atoms with E-state index in [2.05, 4.69) is 38.1 Å². The van der Waals surface area contributed by atoms with Crippen LogP contribution in [0.15, 0.2) is 28.7 Å². The molecular formula is C16H16BrN5OS. The van der Waals surface area contributed by atoms with Crippen molar-refractivity contribution in [3.63, 3.8) is 0 Å². The molecule has 2 aromatic heterocycles. The fourth-order valence-electron chi connectivity index (χ4n) is 2.84. The van der Waals surface area contributed by atoms with Crippen molar-refractivity contribution in [3.05, 3.63) is 34.6 Å². The molecule has 1 fully saturated rings. The minimum atomic E-state index is -0.0829. The molecule has 1 aliphatic heterocycles. The Kier molecular flexibility index (Phi) is 4.09. The summed E-state index contributed by atoms with van der Waals surface area (Å²) < 4.78 is 2.56. The maximum absolute atomic E-state index is 12.7. The Bertz CT molecular complexity index is 897. The van der Waals surface area contributed by atoms with Gasteiger partial charge in [-0.15, -0.1) is 10.2 Å². The number of carbonyl (C=O) groups excluding carboxylic acids is 1. The second kappa shape index (κ2) is 6.25. The maximum Gasteiger partial charge on any atom is 0.293 e. The molecule has 0 aliphatic carbocycles. The van der Waals surface area contributed by atoms with Gasteiger partial charge in [-0.25, -0.2) is 0 Å². The zero-order valence-corrected chi connectivity index (χ0v) is 15.5. The first kappa shape index (κ1) is 15.7. The standard InChI is InChI=1S/C16H16BrN5OS/c1-10-5-7-21(8-6-10)15(23)13-18-19-16-22(13)20-14(24-16)11-3-2-4-12(17)9-11/h2-4,9-10H,5-8H2,1H3. The van der Waals surface area contributed by atoms with Gasteiger partial charge in [0.1, 0.15) is 5.01 Å². The molecule has 8 heteroatoms. The van der Waals surface area contributed by atoms with Crippen LogP contribution in [0.3, 0.4) is 0 Å². The first-order valence-electron chi connectivity index (χ1n) is 7.89. The lowest BCUT2D eigenvalue weighted by Gasteiger charge is -2.29. The topological polar surface area (TPSA) is 63.4 Å². The molecule has 0 atom stereocenters. The van der Waals surface area contributed by atoms with Crippen LogP contribution in [0, 0.1) is 5.92 Å². The Hall–Kier alpha value is -1.80. The van der Waals surface area contributed by atoms with E-state index < -0.39 is 0 Å². The molecule has 1 saturated heterocycles. The lowest BCUT2D eigenvalue weighted by Crippen LogP contribution is -2.38. The van der Waals surface area contributed by atoms with E-state index in [-0.39, 0.29) is 5.91 Å². The summed E-state index contributed by atoms with van der Waals surface area (Å²) in [5, 5.41) is 13.6. The SMILES string of the molecule is CC1CCN(C(=O)c2nnc3sc(-c4cccc(Br)c4)nn23)CC1. The number of piperidine rings is 1. The van der Waals surface area contributed by atoms with Gasteiger partial charge in [-0.2, -0.15) is 9.61 Å². The van der Waals surface area contributed by atoms with Crippen molar-refractivity contribution in [2.45, 2.75) is 19.8 Å². The van der Waals surface area contributed by atoms with Crippen molar-refractivity contribution in [1.82, 2.24) is 24.7 Å². The number of halogens is 1. The quantitative estimate of drug-likeness (QED) is 0.654. The van der Waals surface area contributed by atoms with Crippen molar-refractivity contribution in [1.29, 1.82) is 0 Å². The molecule has 0 radical (unpaired) electrons. The first-order chi connectivity index (χ1) is 11.6. The number of nitrogens with zero attached hydrogens (tertiary/aromatic N) is 5. The summed E-state index contributed by atoms with van der Waals surface area (Å²) in [6.07, 6.45) is 2.07. The summed E-state index contributed by atoms with van der Waals surface area (Å²) >= 11 is 4.90. The fraction of sp³-hybridized carbons (Fsp3) is 0.375. The average Bonchev–Trinajstić information content (AvgIpc) is 3.15. The molecule has 1 aromatic carbocycles. The predicted octanol–water partition coefficient (Wildman–Crippen LogP) is 3.49. The molecule has 4 rings (SSSR count). The summed E-state index contributed by atoms with van der Waals surface area (Å²) in [4.78, 5) is 15.2. The van der Waals surface area contributed by atoms with E-state index in [0.29, 0.717) is 16.7 Å². The number of aromatic nitrogens is 4. The van der Waals surface area contributed by atoms with E-state index >= 15 is 0 Å². The molecule has 1 amide bonds. The lowest BCUT2D eigenvalue weighted by molar-refractivity contribution is 0.0682. The molecule has 1 aliphatic rings. The molecule has 24 heavy (non-hydrogen) atoms. The van der Waals surface area contributed by atoms with Gasteiger partial charge in [0.05, 0.1) is 0 Å². The maximum atomic E-state index is 12.7. The number of hydrogen-bond acceptors (Lipinski definition) is 5. The van der Waals surface area contributed by atoms with Crippen molar-refractivity contribution in [3.8, 4) is 10.6 Å². The normalized spacial score (nSPS) is 16.0. The van der Waals surface area contributed by atoms with Crippen molar-refractivity contribution >= 4 is 38.1 Å². The summed E-state index contributed by atoms with van der Waals surface area (Å²) in [6.45, 7) is 3.77. The third kappa shape index (κ3) is 2.84. The van der Waals surface area contributed by atoms with E-state index in [9.17, 15) is 4.79 Å². The van der Waals surface area contributed by atoms with Crippen LogP contribution in [-0.4, -0.2) is 43.7 Å². The van der Waals surface area contributed by atoms with Gasteiger partial charge in [0.2, 0.25) is 10.8 Å². The number of carbonyl (C=O) groups is 1. The Labute approximate surface area is 151 Å². The molecule has 124 valence electrons. The van der Waals surface area contributed by atoms with Crippen LogP contribution in [0.25, 0.3) is 15.5 Å². The predicted molar refractivity (Wildman–Crippen MR) is 96.1 cm³/mol. The van der Waals surface area contributed by atoms with Crippen molar-refractivity contribution in [2.24, 2.45) is 5.92 Å². The van der Waals surface area contributed by atoms with Crippen LogP contribution in [0.2, 0.25) is 0 Å². The summed E-state index contributed by atoms with van der Waals surface area (Å²) in [5.41, 5.74) is 0.991. The van der Waals surface area contributed by atoms with Gasteiger partial charge in [-0.05, 0) is 30.9 Å². The lowest BCUT2D eigenvalue weighted by atomic mass is 9.99. The van der Waals surface area contributed by atoms with Crippen LogP contribution in [0.5, 0.6) is 0 Å². The molecule has 0 saturated carbocycles. The van der Waals surface area contributed by atoms with Gasteiger partial charge >= 0.3 is 0 Å². The number of benzene rings is 1. The highest BCUT2D eigenvalue weighted by atomic mass is 79.9. The highest BCUT2D eigenvalue weighted by Gasteiger charge is 2.26. The molecule has 0 unspecified atom stereocenters. The Morgan fingerprint density at radius 2 is 2.08 bits per heavy atom. The number of rotatable bonds is 2. The van der Waals surface area contributed by atoms with Crippen LogP contribution in [-0.2, 0) is 0 Å². The number of likely N-dealkylation sites (tertiary alicyclic amines) is 1. The number of amides is 1. The van der Waals surface area contributed by atoms with Gasteiger partial charge in [0.15, 0.2) is 0 Å². The summed E-state index contributed by atoms with van der Waals surface area (Å²) in [5.74, 6) is 0.896. The third-order valence-corrected chi connectivity index (χ3v) is 5.77. The number of hydrogen-bond donors (Lipinski definition) is 0. The van der Waals surface area contributed by atoms with E-state index in [1.807, 2.05) is 29.2 Å². The monoisotopic (exact) mass is 405 g/mol. The summed E-state index contributed by atoms with van der Waals surface area (Å²) in [6, 6.07) is 7.92. The van der Waals surface area contributed by atoms with Crippen LogP contribution in [0.4, 0.5) is 0 Å². The molecule has 0 N–H and O–H groups in total. The third-order valence-electron chi connectivity index (χ3n) is 4.32. The van der Waals surface area contributed by atoms with E-state index in [4.69, 9.17) is 0 Å². The largest absolute Gasteiger partial charge is 0.336 e. The zero-order valence-electron chi connectivity index (χ0n) is 13.1. The van der Waals surface area contributed by atoms with Crippen molar-refractivity contribution < 1.29 is 4.79 Å². The molecule has 3 aromatic rings. The Balaban J connectivity index is 1.66. The highest BCUT2D eigenvalue weighted by molar-refractivity contribution is 9.10. The van der Waals surface area contributed by atoms with E-state index in [1.54, 1.807) is 4.52 Å². The van der Waals surface area contributed by atoms with Crippen LogP contribution >= 0.6 is 27.3 Å². The zero-order chi connectivity index (χ0) is 16.7. The minimum Gasteiger partial charge on any atom is -0.336 e. The molecule has 6 nitrogen and oxygen atoms in total. The van der Waals surface area contributed by atoms with E-state index in [1.165, 1.54) is 11.3 Å².